The summed E-state index contributed by atoms with van der Waals surface area (Å²) < 4.78 is 10.4. The van der Waals surface area contributed by atoms with Crippen LogP contribution < -0.4 is 4.74 Å². The van der Waals surface area contributed by atoms with Crippen LogP contribution in [0.5, 0.6) is 5.75 Å². The number of methoxy groups -OCH3 is 1. The largest absolute Gasteiger partial charge is 0.497 e. The van der Waals surface area contributed by atoms with E-state index in [0.29, 0.717) is 17.7 Å². The van der Waals surface area contributed by atoms with Gasteiger partial charge in [0.1, 0.15) is 5.75 Å². The summed E-state index contributed by atoms with van der Waals surface area (Å²) in [6.07, 6.45) is -0.200. The average Bonchev–Trinajstić information content (AvgIpc) is 2.71. The smallest absolute Gasteiger partial charge is 0.306 e. The van der Waals surface area contributed by atoms with Gasteiger partial charge in [0.2, 0.25) is 5.78 Å². The van der Waals surface area contributed by atoms with Gasteiger partial charge < -0.3 is 9.47 Å². The van der Waals surface area contributed by atoms with Crippen molar-refractivity contribution in [2.45, 2.75) is 25.9 Å². The van der Waals surface area contributed by atoms with Crippen LogP contribution in [0.1, 0.15) is 29.4 Å². The number of carbonyl (C=O) groups is 2. The molecule has 1 heterocycles. The first-order valence-corrected chi connectivity index (χ1v) is 8.79. The van der Waals surface area contributed by atoms with Crippen LogP contribution in [-0.2, 0) is 16.0 Å². The number of aromatic nitrogens is 1. The van der Waals surface area contributed by atoms with Crippen molar-refractivity contribution >= 4 is 22.7 Å². The van der Waals surface area contributed by atoms with E-state index in [1.54, 1.807) is 38.3 Å². The predicted octanol–water partition coefficient (Wildman–Crippen LogP) is 3.99. The molecule has 5 heteroatoms. The summed E-state index contributed by atoms with van der Waals surface area (Å²) in [6.45, 7) is 1.58. The summed E-state index contributed by atoms with van der Waals surface area (Å²) in [7, 11) is 1.56. The highest BCUT2D eigenvalue weighted by Crippen LogP contribution is 2.15. The van der Waals surface area contributed by atoms with Gasteiger partial charge in [-0.05, 0) is 43.3 Å². The fourth-order valence-electron chi connectivity index (χ4n) is 2.78. The zero-order chi connectivity index (χ0) is 19.2. The van der Waals surface area contributed by atoms with E-state index in [-0.39, 0.29) is 12.2 Å². The molecule has 0 bridgehead atoms. The first kappa shape index (κ1) is 18.6. The van der Waals surface area contributed by atoms with Gasteiger partial charge >= 0.3 is 5.97 Å². The minimum Gasteiger partial charge on any atom is -0.497 e. The lowest BCUT2D eigenvalue weighted by Gasteiger charge is -2.12. The number of carbonyl (C=O) groups excluding carboxylic acids is 2. The van der Waals surface area contributed by atoms with Gasteiger partial charge in [0, 0.05) is 23.1 Å². The molecular formula is C22H21NO4. The third-order valence-electron chi connectivity index (χ3n) is 4.29. The van der Waals surface area contributed by atoms with Crippen LogP contribution in [0.15, 0.2) is 60.7 Å². The number of hydrogen-bond donors (Lipinski definition) is 0. The van der Waals surface area contributed by atoms with Gasteiger partial charge in [0.05, 0.1) is 19.0 Å². The lowest BCUT2D eigenvalue weighted by Crippen LogP contribution is -2.24. The number of para-hydroxylation sites is 1. The lowest BCUT2D eigenvalue weighted by molar-refractivity contribution is -0.146. The molecule has 1 atom stereocenters. The summed E-state index contributed by atoms with van der Waals surface area (Å²) in [5.74, 6) is 0.00763. The van der Waals surface area contributed by atoms with Gasteiger partial charge in [-0.2, -0.15) is 0 Å². The number of esters is 1. The van der Waals surface area contributed by atoms with Gasteiger partial charge in [-0.15, -0.1) is 0 Å². The van der Waals surface area contributed by atoms with Crippen LogP contribution in [0, 0.1) is 0 Å². The molecule has 3 aromatic rings. The van der Waals surface area contributed by atoms with Gasteiger partial charge in [-0.1, -0.05) is 24.3 Å². The molecule has 0 fully saturated rings. The molecule has 138 valence electrons. The van der Waals surface area contributed by atoms with E-state index >= 15 is 0 Å². The fourth-order valence-corrected chi connectivity index (χ4v) is 2.78. The average molecular weight is 363 g/mol. The third kappa shape index (κ3) is 4.70. The van der Waals surface area contributed by atoms with Crippen molar-refractivity contribution in [1.82, 2.24) is 4.98 Å². The number of aryl methyl sites for hydroxylation is 1. The Labute approximate surface area is 157 Å². The monoisotopic (exact) mass is 363 g/mol. The van der Waals surface area contributed by atoms with Crippen molar-refractivity contribution in [3.05, 3.63) is 71.9 Å². The zero-order valence-electron chi connectivity index (χ0n) is 15.3. The SMILES string of the molecule is COc1ccc(C(=O)[C@H](C)OC(=O)CCc2ccc3ccccc3n2)cc1. The molecule has 0 spiro atoms. The van der Waals surface area contributed by atoms with E-state index in [1.165, 1.54) is 0 Å². The van der Waals surface area contributed by atoms with Gasteiger partial charge in [-0.3, -0.25) is 14.6 Å². The van der Waals surface area contributed by atoms with Crippen molar-refractivity contribution in [3.63, 3.8) is 0 Å². The Hall–Kier alpha value is -3.21. The normalized spacial score (nSPS) is 11.8. The Bertz CT molecular complexity index is 950. The van der Waals surface area contributed by atoms with Gasteiger partial charge in [0.15, 0.2) is 6.10 Å². The van der Waals surface area contributed by atoms with E-state index in [4.69, 9.17) is 9.47 Å². The van der Waals surface area contributed by atoms with Crippen LogP contribution in [0.4, 0.5) is 0 Å². The van der Waals surface area contributed by atoms with Gasteiger partial charge in [0.25, 0.3) is 0 Å². The molecule has 0 saturated heterocycles. The van der Waals surface area contributed by atoms with E-state index in [1.807, 2.05) is 36.4 Å². The standard InChI is InChI=1S/C22H21NO4/c1-15(22(25)17-8-12-19(26-2)13-9-17)27-21(24)14-11-18-10-7-16-5-3-4-6-20(16)23-18/h3-10,12-13,15H,11,14H2,1-2H3/t15-/m0/s1. The number of Topliss-reactive ketones (excluding diaryl/α,β-unsaturated/α-hetero) is 1. The van der Waals surface area contributed by atoms with Crippen molar-refractivity contribution in [1.29, 1.82) is 0 Å². The molecule has 0 aliphatic carbocycles. The highest BCUT2D eigenvalue weighted by molar-refractivity contribution is 6.00. The molecule has 1 aromatic heterocycles. The maximum absolute atomic E-state index is 12.4. The Morgan fingerprint density at radius 3 is 2.48 bits per heavy atom. The molecular weight excluding hydrogens is 342 g/mol. The number of hydrogen-bond acceptors (Lipinski definition) is 5. The van der Waals surface area contributed by atoms with Crippen molar-refractivity contribution < 1.29 is 19.1 Å². The third-order valence-corrected chi connectivity index (χ3v) is 4.29. The molecule has 2 aromatic carbocycles. The van der Waals surface area contributed by atoms with E-state index in [9.17, 15) is 9.59 Å². The Morgan fingerprint density at radius 2 is 1.74 bits per heavy atom. The molecule has 0 aliphatic heterocycles. The Kier molecular flexibility index (Phi) is 5.81. The highest BCUT2D eigenvalue weighted by Gasteiger charge is 2.19. The number of pyridine rings is 1. The molecule has 27 heavy (non-hydrogen) atoms. The summed E-state index contributed by atoms with van der Waals surface area (Å²) in [5.41, 5.74) is 2.19. The van der Waals surface area contributed by atoms with Gasteiger partial charge in [-0.25, -0.2) is 0 Å². The Morgan fingerprint density at radius 1 is 1.00 bits per heavy atom. The molecule has 0 radical (unpaired) electrons. The first-order valence-electron chi connectivity index (χ1n) is 8.79. The van der Waals surface area contributed by atoms with Crippen LogP contribution in [0.2, 0.25) is 0 Å². The fraction of sp³-hybridized carbons (Fsp3) is 0.227. The highest BCUT2D eigenvalue weighted by atomic mass is 16.5. The number of rotatable bonds is 7. The number of ether oxygens (including phenoxy) is 2. The summed E-state index contributed by atoms with van der Waals surface area (Å²) >= 11 is 0. The molecule has 5 nitrogen and oxygen atoms in total. The quantitative estimate of drug-likeness (QED) is 0.469. The number of ketones is 1. The van der Waals surface area contributed by atoms with Crippen LogP contribution in [0.25, 0.3) is 10.9 Å². The summed E-state index contributed by atoms with van der Waals surface area (Å²) in [5, 5.41) is 1.06. The second-order valence-corrected chi connectivity index (χ2v) is 6.22. The van der Waals surface area contributed by atoms with E-state index in [0.717, 1.165) is 16.6 Å². The molecule has 0 aliphatic rings. The minimum atomic E-state index is -0.838. The first-order chi connectivity index (χ1) is 13.1. The van der Waals surface area contributed by atoms with Crippen molar-refractivity contribution in [2.24, 2.45) is 0 Å². The second-order valence-electron chi connectivity index (χ2n) is 6.22. The van der Waals surface area contributed by atoms with Crippen LogP contribution in [0.3, 0.4) is 0 Å². The van der Waals surface area contributed by atoms with Crippen molar-refractivity contribution in [3.8, 4) is 5.75 Å². The zero-order valence-corrected chi connectivity index (χ0v) is 15.3. The lowest BCUT2D eigenvalue weighted by atomic mass is 10.1. The molecule has 0 N–H and O–H groups in total. The summed E-state index contributed by atoms with van der Waals surface area (Å²) in [6, 6.07) is 18.4. The maximum Gasteiger partial charge on any atom is 0.306 e. The topological polar surface area (TPSA) is 65.5 Å². The predicted molar refractivity (Wildman–Crippen MR) is 103 cm³/mol. The van der Waals surface area contributed by atoms with E-state index < -0.39 is 12.1 Å². The number of benzene rings is 2. The second kappa shape index (κ2) is 8.45. The summed E-state index contributed by atoms with van der Waals surface area (Å²) in [4.78, 5) is 29.0. The molecule has 0 amide bonds. The number of fused-ring (bicyclic) bond motifs is 1. The van der Waals surface area contributed by atoms with Crippen molar-refractivity contribution in [2.75, 3.05) is 7.11 Å². The Balaban J connectivity index is 1.55. The molecule has 0 saturated carbocycles. The van der Waals surface area contributed by atoms with E-state index in [2.05, 4.69) is 4.98 Å². The molecule has 3 rings (SSSR count). The minimum absolute atomic E-state index is 0.172. The van der Waals surface area contributed by atoms with Crippen LogP contribution in [-0.4, -0.2) is 30.0 Å². The van der Waals surface area contributed by atoms with Crippen LogP contribution >= 0.6 is 0 Å². The molecule has 0 unspecified atom stereocenters. The maximum atomic E-state index is 12.4. The number of nitrogens with zero attached hydrogens (tertiary/aromatic N) is 1.